The Bertz CT molecular complexity index is 6840. The minimum Gasteiger partial charge on any atom is -0.339 e. The molecule has 763 valence electrons. The number of hydrogen-bond donors (Lipinski definition) is 0. The van der Waals surface area contributed by atoms with Crippen LogP contribution in [0.3, 0.4) is 0 Å². The fourth-order valence-corrected chi connectivity index (χ4v) is 18.7. The van der Waals surface area contributed by atoms with Gasteiger partial charge in [-0.15, -0.1) is 172 Å². The number of unbranched alkanes of at least 4 members (excludes halogenated alkanes) is 1. The van der Waals surface area contributed by atoms with E-state index < -0.39 is 0 Å². The van der Waals surface area contributed by atoms with Gasteiger partial charge in [-0.1, -0.05) is 295 Å². The summed E-state index contributed by atoms with van der Waals surface area (Å²) in [5.74, 6) is 5.88. The predicted octanol–water partition coefficient (Wildman–Crippen LogP) is 33.5. The smallest absolute Gasteiger partial charge is 0.288 e. The molecule has 0 atom stereocenters. The van der Waals surface area contributed by atoms with Gasteiger partial charge in [-0.3, -0.25) is 19.9 Å². The molecule has 0 saturated carbocycles. The molecule has 144 heavy (non-hydrogen) atoms. The van der Waals surface area contributed by atoms with Crippen LogP contribution in [0.15, 0.2) is 291 Å². The molecule has 0 fully saturated rings. The quantitative estimate of drug-likeness (QED) is 0.0379. The molecule has 12 aromatic carbocycles. The Balaban J connectivity index is 0.000000221. The molecule has 10 nitrogen and oxygen atoms in total. The average Bonchev–Trinajstić information content (AvgIpc) is 1.49. The van der Waals surface area contributed by atoms with Gasteiger partial charge in [0.05, 0.1) is 29.7 Å². The number of imidazole rings is 4. The van der Waals surface area contributed by atoms with Crippen molar-refractivity contribution in [3.8, 4) is 90.6 Å². The van der Waals surface area contributed by atoms with Gasteiger partial charge in [0.15, 0.2) is 0 Å². The first-order chi connectivity index (χ1) is 66.8. The molecule has 1 aliphatic rings. The van der Waals surface area contributed by atoms with Crippen LogP contribution in [0.2, 0.25) is 0 Å². The second kappa shape index (κ2) is 54.7. The standard InChI is InChI=1S/C37H47N2.C28H29N2.C22H25N2.C21H23N2.C21H24N2.5Ir/c1-11-37(12-2,13-3)33-25-38-34(39(33)32-22-21-31(23-26(32)4)36(8,9)10)29-16-14-15-28(24-29)27-17-19-30(20-18-27)35(5,6)7;1-4-5-16-25-20-30(27-18-10-9-17-26(27)21(2)3)28(29-25)24-15-11-14-23(19-24)22-12-7-6-8-13-22;1-6-22(4,5)20-15-23-21(18-10-8-7-9-11-18)24(20)19-13-12-16(2)14-17(19)3;1-5-17-10-6-7-12-19(17)23-20(15(2)3)14-22-21(23)18-11-8-9-16(4)13-18;1-4-9-21-22-19(18-10-7-6-8-11-18)15-23(21)20-14-16(3)12-13-17(20)5-2;;;;;/h14-15,17-25H,11-13H2,1-10H3;6-14,17-21H,4-5,16H2,1-3H3;7-10,12-15H,6H2,1-5H3;6-10,12-15H,5H2,1-4H3;6-8,10,12-14H,4-5,9,15H2,1-3H3;;;;;/q4*-1;;;;;;. The average molecular weight is 2800 g/mol. The summed E-state index contributed by atoms with van der Waals surface area (Å²) in [5, 5.41) is 0. The summed E-state index contributed by atoms with van der Waals surface area (Å²) in [7, 11) is 0. The van der Waals surface area contributed by atoms with Gasteiger partial charge in [-0.2, -0.15) is 0 Å². The van der Waals surface area contributed by atoms with Crippen molar-refractivity contribution in [3.05, 3.63) is 400 Å². The van der Waals surface area contributed by atoms with Crippen LogP contribution in [0.1, 0.15) is 286 Å². The van der Waals surface area contributed by atoms with Crippen molar-refractivity contribution in [2.75, 3.05) is 6.54 Å². The molecule has 16 aromatic rings. The van der Waals surface area contributed by atoms with Gasteiger partial charge in [-0.25, -0.2) is 4.58 Å². The molecular formula is C129H148Ir5N10-4. The number of rotatable bonds is 27. The molecular weight excluding hydrogens is 2650 g/mol. The number of aliphatic imine (C=N–C) groups is 1. The van der Waals surface area contributed by atoms with Gasteiger partial charge in [0.1, 0.15) is 17.9 Å². The van der Waals surface area contributed by atoms with Crippen LogP contribution in [0.25, 0.3) is 90.6 Å². The minimum absolute atomic E-state index is 0. The van der Waals surface area contributed by atoms with E-state index in [2.05, 4.69) is 451 Å². The van der Waals surface area contributed by atoms with Gasteiger partial charge in [-0.05, 0) is 194 Å². The van der Waals surface area contributed by atoms with E-state index in [9.17, 15) is 0 Å². The molecule has 5 heterocycles. The van der Waals surface area contributed by atoms with Gasteiger partial charge in [0, 0.05) is 182 Å². The Morgan fingerprint density at radius 1 is 0.375 bits per heavy atom. The van der Waals surface area contributed by atoms with Crippen LogP contribution in [0.4, 0.5) is 5.69 Å². The van der Waals surface area contributed by atoms with Gasteiger partial charge < -0.3 is 18.3 Å². The van der Waals surface area contributed by atoms with Crippen LogP contribution < -0.4 is 0 Å². The zero-order valence-corrected chi connectivity index (χ0v) is 101. The Kier molecular flexibility index (Phi) is 45.3. The zero-order valence-electron chi connectivity index (χ0n) is 89.4. The molecule has 15 heteroatoms. The summed E-state index contributed by atoms with van der Waals surface area (Å²) in [6.45, 7) is 56.8. The summed E-state index contributed by atoms with van der Waals surface area (Å²) in [6, 6.07) is 109. The third-order valence-corrected chi connectivity index (χ3v) is 27.6. The van der Waals surface area contributed by atoms with Crippen molar-refractivity contribution in [2.45, 2.75) is 277 Å². The Morgan fingerprint density at radius 2 is 0.868 bits per heavy atom. The normalized spacial score (nSPS) is 11.8. The van der Waals surface area contributed by atoms with Crippen molar-refractivity contribution in [3.63, 3.8) is 0 Å². The van der Waals surface area contributed by atoms with E-state index >= 15 is 0 Å². The van der Waals surface area contributed by atoms with Gasteiger partial charge in [0.2, 0.25) is 0 Å². The summed E-state index contributed by atoms with van der Waals surface area (Å²) in [6.07, 6.45) is 20.1. The summed E-state index contributed by atoms with van der Waals surface area (Å²) in [5.41, 5.74) is 35.7. The van der Waals surface area contributed by atoms with E-state index in [0.717, 1.165) is 133 Å². The molecule has 0 N–H and O–H groups in total. The summed E-state index contributed by atoms with van der Waals surface area (Å²) >= 11 is 0. The van der Waals surface area contributed by atoms with Crippen LogP contribution >= 0.6 is 0 Å². The van der Waals surface area contributed by atoms with E-state index in [1.165, 1.54) is 136 Å². The molecule has 0 saturated heterocycles. The number of nitrogens with zero attached hydrogens (tertiary/aromatic N) is 10. The third kappa shape index (κ3) is 28.7. The SMILES string of the molecule is CCC(C)(C)c1cnc(-c2[c-]cccc2)n1-c1ccc(C)cc1C.CCC(CC)(CC)c1cnc(-c2[c-]ccc(-c3ccc(C(C)(C)C)cc3)c2)n1-c1ccc(C(C)(C)C)cc1C.CCCC1=[N+](c2cc(C)ccc2CC)CC(c2[c-]cccc2)=N1.CCCCc1cn(-c2ccccc2C(C)C)c(-c2[c-]ccc(-c3ccccc3)c2)n1.CCc1ccccc1-n1c(C(C)C)cnc1-c1[c-]ccc(C)c1.[Ir].[Ir].[Ir].[Ir].[Ir]. The number of benzene rings is 12. The molecule has 0 bridgehead atoms. The van der Waals surface area contributed by atoms with Crippen molar-refractivity contribution in [1.82, 2.24) is 38.2 Å². The first kappa shape index (κ1) is 119. The summed E-state index contributed by atoms with van der Waals surface area (Å²) in [4.78, 5) is 24.6. The second-order valence-corrected chi connectivity index (χ2v) is 40.8. The minimum atomic E-state index is 0. The number of aryl methyl sites for hydroxylation is 8. The van der Waals surface area contributed by atoms with Crippen LogP contribution in [0, 0.1) is 65.0 Å². The van der Waals surface area contributed by atoms with E-state index in [-0.39, 0.29) is 122 Å². The monoisotopic (exact) mass is 2800 g/mol. The molecule has 0 amide bonds. The largest absolute Gasteiger partial charge is 0.339 e. The Labute approximate surface area is 931 Å². The number of para-hydroxylation sites is 2. The predicted molar refractivity (Wildman–Crippen MR) is 588 cm³/mol. The maximum absolute atomic E-state index is 5.10. The Morgan fingerprint density at radius 3 is 1.42 bits per heavy atom. The van der Waals surface area contributed by atoms with Crippen molar-refractivity contribution in [2.24, 2.45) is 4.99 Å². The van der Waals surface area contributed by atoms with Crippen molar-refractivity contribution in [1.29, 1.82) is 0 Å². The molecule has 0 unspecified atom stereocenters. The fraction of sp³-hybridized carbons (Fsp3) is 0.333. The molecule has 1 aliphatic heterocycles. The summed E-state index contributed by atoms with van der Waals surface area (Å²) < 4.78 is 11.7. The molecule has 5 radical (unpaired) electrons. The van der Waals surface area contributed by atoms with Crippen molar-refractivity contribution >= 4 is 17.2 Å². The molecule has 0 spiro atoms. The topological polar surface area (TPSA) is 86.6 Å². The molecule has 17 rings (SSSR count). The zero-order chi connectivity index (χ0) is 99.5. The third-order valence-electron chi connectivity index (χ3n) is 27.6. The number of hydrogen-bond acceptors (Lipinski definition) is 5. The molecule has 4 aromatic heterocycles. The van der Waals surface area contributed by atoms with E-state index in [1.807, 2.05) is 60.9 Å². The van der Waals surface area contributed by atoms with Gasteiger partial charge in [0.25, 0.3) is 5.84 Å². The molecule has 0 aliphatic carbocycles. The fourth-order valence-electron chi connectivity index (χ4n) is 18.7. The first-order valence-corrected chi connectivity index (χ1v) is 50.9. The van der Waals surface area contributed by atoms with Crippen LogP contribution in [-0.4, -0.2) is 60.9 Å². The van der Waals surface area contributed by atoms with Crippen LogP contribution in [0.5, 0.6) is 0 Å². The second-order valence-electron chi connectivity index (χ2n) is 40.8. The first-order valence-electron chi connectivity index (χ1n) is 50.9. The van der Waals surface area contributed by atoms with Crippen LogP contribution in [-0.2, 0) is 141 Å². The van der Waals surface area contributed by atoms with Crippen molar-refractivity contribution < 1.29 is 105 Å². The maximum Gasteiger partial charge on any atom is 0.288 e. The van der Waals surface area contributed by atoms with E-state index in [4.69, 9.17) is 24.9 Å². The maximum atomic E-state index is 5.10. The Hall–Kier alpha value is -9.93. The van der Waals surface area contributed by atoms with E-state index in [0.29, 0.717) is 11.8 Å². The number of amidine groups is 1. The number of aromatic nitrogens is 8. The van der Waals surface area contributed by atoms with Gasteiger partial charge >= 0.3 is 0 Å². The van der Waals surface area contributed by atoms with E-state index in [1.54, 1.807) is 0 Å².